The zero-order valence-electron chi connectivity index (χ0n) is 16.6. The number of amides is 1. The van der Waals surface area contributed by atoms with E-state index in [-0.39, 0.29) is 9.96 Å². The fourth-order valence-corrected chi connectivity index (χ4v) is 6.95. The number of thiophene rings is 1. The van der Waals surface area contributed by atoms with E-state index in [1.165, 1.54) is 29.9 Å². The zero-order chi connectivity index (χ0) is 22.3. The lowest BCUT2D eigenvalue weighted by atomic mass is 9.99. The number of halogens is 1. The van der Waals surface area contributed by atoms with Crippen molar-refractivity contribution in [3.05, 3.63) is 64.2 Å². The first kappa shape index (κ1) is 21.6. The molecule has 1 N–H and O–H groups in total. The monoisotopic (exact) mass is 548 g/mol. The lowest BCUT2D eigenvalue weighted by molar-refractivity contribution is -0.116. The van der Waals surface area contributed by atoms with Crippen LogP contribution in [0.1, 0.15) is 24.3 Å². The van der Waals surface area contributed by atoms with E-state index in [9.17, 15) is 13.2 Å². The molecule has 1 aliphatic carbocycles. The van der Waals surface area contributed by atoms with Gasteiger partial charge in [0.2, 0.25) is 10.6 Å². The van der Waals surface area contributed by atoms with Crippen LogP contribution in [0, 0.1) is 0 Å². The first-order valence-corrected chi connectivity index (χ1v) is 13.9. The molecule has 2 aromatic heterocycles. The third-order valence-electron chi connectivity index (χ3n) is 5.13. The van der Waals surface area contributed by atoms with Crippen LogP contribution >= 0.6 is 39.0 Å². The molecule has 1 aliphatic rings. The standard InChI is InChI=1S/C21H17BrN4O3S3/c22-20-23-24-21(31-12-18(27)25-32(28,29)19-6-3-11-30-19)26(20)17-10-9-14(13-7-8-13)15-4-1-2-5-16(15)17/h1-6,9-11,13H,7-8,12H2,(H,25,27). The summed E-state index contributed by atoms with van der Waals surface area (Å²) in [6.07, 6.45) is 2.43. The Kier molecular flexibility index (Phi) is 5.82. The second kappa shape index (κ2) is 8.62. The number of nitrogens with one attached hydrogen (secondary N) is 1. The van der Waals surface area contributed by atoms with E-state index in [1.54, 1.807) is 11.4 Å². The van der Waals surface area contributed by atoms with Gasteiger partial charge in [-0.05, 0) is 63.2 Å². The largest absolute Gasteiger partial charge is 0.273 e. The third kappa shape index (κ3) is 4.21. The minimum atomic E-state index is -3.86. The topological polar surface area (TPSA) is 93.9 Å². The second-order valence-electron chi connectivity index (χ2n) is 7.33. The maximum atomic E-state index is 12.3. The Balaban J connectivity index is 1.41. The van der Waals surface area contributed by atoms with Gasteiger partial charge in [-0.1, -0.05) is 48.2 Å². The van der Waals surface area contributed by atoms with Crippen LogP contribution < -0.4 is 4.72 Å². The van der Waals surface area contributed by atoms with Crippen molar-refractivity contribution in [2.24, 2.45) is 0 Å². The SMILES string of the molecule is O=C(CSc1nnc(Br)n1-c1ccc(C2CC2)c2ccccc12)NS(=O)(=O)c1cccs1. The van der Waals surface area contributed by atoms with Gasteiger partial charge in [0.05, 0.1) is 11.4 Å². The normalized spacial score (nSPS) is 14.0. The summed E-state index contributed by atoms with van der Waals surface area (Å²) in [5.74, 6) is -0.127. The number of sulfonamides is 1. The van der Waals surface area contributed by atoms with Gasteiger partial charge in [-0.15, -0.1) is 21.5 Å². The molecule has 1 amide bonds. The highest BCUT2D eigenvalue weighted by Crippen LogP contribution is 2.44. The summed E-state index contributed by atoms with van der Waals surface area (Å²) >= 11 is 5.64. The van der Waals surface area contributed by atoms with Crippen molar-refractivity contribution in [2.45, 2.75) is 28.1 Å². The summed E-state index contributed by atoms with van der Waals surface area (Å²) in [4.78, 5) is 12.3. The minimum absolute atomic E-state index is 0.101. The van der Waals surface area contributed by atoms with Crippen molar-refractivity contribution < 1.29 is 13.2 Å². The molecule has 164 valence electrons. The second-order valence-corrected chi connectivity index (χ2v) is 11.8. The number of nitrogens with zero attached hydrogens (tertiary/aromatic N) is 3. The van der Waals surface area contributed by atoms with Gasteiger partial charge in [-0.25, -0.2) is 13.1 Å². The number of thioether (sulfide) groups is 1. The zero-order valence-corrected chi connectivity index (χ0v) is 20.6. The summed E-state index contributed by atoms with van der Waals surface area (Å²) in [6, 6.07) is 15.5. The molecule has 0 saturated heterocycles. The van der Waals surface area contributed by atoms with Gasteiger partial charge in [0.25, 0.3) is 10.0 Å². The van der Waals surface area contributed by atoms with Crippen LogP contribution in [0.4, 0.5) is 0 Å². The van der Waals surface area contributed by atoms with Crippen LogP contribution in [0.25, 0.3) is 16.5 Å². The van der Waals surface area contributed by atoms with E-state index in [1.807, 2.05) is 16.7 Å². The Morgan fingerprint density at radius 3 is 2.62 bits per heavy atom. The van der Waals surface area contributed by atoms with Crippen molar-refractivity contribution in [1.29, 1.82) is 0 Å². The Morgan fingerprint density at radius 1 is 1.12 bits per heavy atom. The van der Waals surface area contributed by atoms with Crippen LogP contribution in [0.5, 0.6) is 0 Å². The molecule has 1 saturated carbocycles. The fraction of sp³-hybridized carbons (Fsp3) is 0.190. The molecule has 0 spiro atoms. The molecule has 0 unspecified atom stereocenters. The number of hydrogen-bond acceptors (Lipinski definition) is 7. The number of benzene rings is 2. The summed E-state index contributed by atoms with van der Waals surface area (Å²) in [6.45, 7) is 0. The average molecular weight is 549 g/mol. The molecule has 0 aliphatic heterocycles. The van der Waals surface area contributed by atoms with Crippen molar-refractivity contribution in [3.63, 3.8) is 0 Å². The highest BCUT2D eigenvalue weighted by Gasteiger charge is 2.26. The number of carbonyl (C=O) groups excluding carboxylic acids is 1. The molecule has 0 radical (unpaired) electrons. The molecule has 2 heterocycles. The molecule has 0 atom stereocenters. The molecule has 0 bridgehead atoms. The van der Waals surface area contributed by atoms with Crippen molar-refractivity contribution in [1.82, 2.24) is 19.5 Å². The van der Waals surface area contributed by atoms with Crippen molar-refractivity contribution >= 4 is 65.7 Å². The molecule has 1 fully saturated rings. The molecule has 2 aromatic carbocycles. The summed E-state index contributed by atoms with van der Waals surface area (Å²) < 4.78 is 29.1. The molecule has 5 rings (SSSR count). The first-order valence-electron chi connectivity index (χ1n) is 9.79. The predicted molar refractivity (Wildman–Crippen MR) is 129 cm³/mol. The highest BCUT2D eigenvalue weighted by molar-refractivity contribution is 9.10. The van der Waals surface area contributed by atoms with Crippen molar-refractivity contribution in [2.75, 3.05) is 5.75 Å². The number of hydrogen-bond donors (Lipinski definition) is 1. The van der Waals surface area contributed by atoms with E-state index in [0.717, 1.165) is 34.2 Å². The Hall–Kier alpha value is -2.21. The minimum Gasteiger partial charge on any atom is -0.273 e. The highest BCUT2D eigenvalue weighted by atomic mass is 79.9. The van der Waals surface area contributed by atoms with E-state index in [0.29, 0.717) is 15.8 Å². The van der Waals surface area contributed by atoms with Gasteiger partial charge in [0.15, 0.2) is 5.16 Å². The van der Waals surface area contributed by atoms with Crippen LogP contribution in [-0.4, -0.2) is 34.8 Å². The van der Waals surface area contributed by atoms with Gasteiger partial charge in [0, 0.05) is 5.39 Å². The van der Waals surface area contributed by atoms with Gasteiger partial charge in [-0.3, -0.25) is 9.36 Å². The summed E-state index contributed by atoms with van der Waals surface area (Å²) in [5, 5.41) is 12.7. The maximum absolute atomic E-state index is 12.3. The maximum Gasteiger partial charge on any atom is 0.273 e. The quantitative estimate of drug-likeness (QED) is 0.336. The van der Waals surface area contributed by atoms with E-state index in [2.05, 4.69) is 55.1 Å². The molecule has 7 nitrogen and oxygen atoms in total. The Labute approximate surface area is 201 Å². The predicted octanol–water partition coefficient (Wildman–Crippen LogP) is 4.72. The van der Waals surface area contributed by atoms with Crippen LogP contribution in [0.2, 0.25) is 0 Å². The van der Waals surface area contributed by atoms with Crippen LogP contribution in [0.15, 0.2) is 68.0 Å². The number of aromatic nitrogens is 3. The molecular weight excluding hydrogens is 532 g/mol. The lowest BCUT2D eigenvalue weighted by Crippen LogP contribution is -2.31. The van der Waals surface area contributed by atoms with Gasteiger partial charge < -0.3 is 0 Å². The van der Waals surface area contributed by atoms with Crippen molar-refractivity contribution in [3.8, 4) is 5.69 Å². The molecular formula is C21H17BrN4O3S3. The summed E-state index contributed by atoms with van der Waals surface area (Å²) in [5.41, 5.74) is 2.25. The number of rotatable bonds is 7. The van der Waals surface area contributed by atoms with Gasteiger partial charge in [-0.2, -0.15) is 0 Å². The van der Waals surface area contributed by atoms with Crippen LogP contribution in [0.3, 0.4) is 0 Å². The van der Waals surface area contributed by atoms with Crippen LogP contribution in [-0.2, 0) is 14.8 Å². The summed E-state index contributed by atoms with van der Waals surface area (Å²) in [7, 11) is -3.86. The molecule has 11 heteroatoms. The Bertz CT molecular complexity index is 1410. The average Bonchev–Trinajstić information content (AvgIpc) is 3.31. The lowest BCUT2D eigenvalue weighted by Gasteiger charge is -2.14. The smallest absolute Gasteiger partial charge is 0.273 e. The molecule has 32 heavy (non-hydrogen) atoms. The fourth-order valence-electron chi connectivity index (χ4n) is 3.58. The Morgan fingerprint density at radius 2 is 1.91 bits per heavy atom. The van der Waals surface area contributed by atoms with E-state index >= 15 is 0 Å². The number of carbonyl (C=O) groups is 1. The molecule has 4 aromatic rings. The first-order chi connectivity index (χ1) is 15.4. The number of fused-ring (bicyclic) bond motifs is 1. The van der Waals surface area contributed by atoms with E-state index in [4.69, 9.17) is 0 Å². The van der Waals surface area contributed by atoms with Gasteiger partial charge >= 0.3 is 0 Å². The third-order valence-corrected chi connectivity index (χ3v) is 9.34. The van der Waals surface area contributed by atoms with E-state index < -0.39 is 15.9 Å². The van der Waals surface area contributed by atoms with Gasteiger partial charge in [0.1, 0.15) is 4.21 Å².